The summed E-state index contributed by atoms with van der Waals surface area (Å²) >= 11 is 0. The van der Waals surface area contributed by atoms with Gasteiger partial charge in [0.05, 0.1) is 12.6 Å². The zero-order valence-corrected chi connectivity index (χ0v) is 10.6. The third-order valence-electron chi connectivity index (χ3n) is 3.19. The lowest BCUT2D eigenvalue weighted by atomic mass is 10.1. The van der Waals surface area contributed by atoms with Gasteiger partial charge in [-0.25, -0.2) is 0 Å². The summed E-state index contributed by atoms with van der Waals surface area (Å²) in [6, 6.07) is 5.16. The zero-order chi connectivity index (χ0) is 14.1. The third kappa shape index (κ3) is 2.20. The first kappa shape index (κ1) is 12.2. The van der Waals surface area contributed by atoms with E-state index in [0.29, 0.717) is 30.0 Å². The van der Waals surface area contributed by atoms with Crippen molar-refractivity contribution >= 4 is 23.3 Å². The average Bonchev–Trinajstić information content (AvgIpc) is 2.99. The van der Waals surface area contributed by atoms with Gasteiger partial charge in [-0.2, -0.15) is 5.10 Å². The summed E-state index contributed by atoms with van der Waals surface area (Å²) in [6.07, 6.45) is 1.93. The van der Waals surface area contributed by atoms with Crippen molar-refractivity contribution in [1.82, 2.24) is 15.5 Å². The molecule has 0 bridgehead atoms. The average molecular weight is 271 g/mol. The topological polar surface area (TPSA) is 113 Å². The highest BCUT2D eigenvalue weighted by Crippen LogP contribution is 2.24. The fraction of sp³-hybridized carbons (Fsp3) is 0.154. The lowest BCUT2D eigenvalue weighted by Gasteiger charge is -2.06. The van der Waals surface area contributed by atoms with Crippen molar-refractivity contribution in [2.75, 3.05) is 11.1 Å². The summed E-state index contributed by atoms with van der Waals surface area (Å²) in [4.78, 5) is 23.3. The molecule has 5 N–H and O–H groups in total. The molecule has 1 aromatic heterocycles. The van der Waals surface area contributed by atoms with Crippen LogP contribution in [0.1, 0.15) is 21.5 Å². The van der Waals surface area contributed by atoms with E-state index < -0.39 is 0 Å². The minimum absolute atomic E-state index is 0.0521. The van der Waals surface area contributed by atoms with Crippen molar-refractivity contribution in [3.63, 3.8) is 0 Å². The zero-order valence-electron chi connectivity index (χ0n) is 10.6. The highest BCUT2D eigenvalue weighted by molar-refractivity contribution is 6.02. The summed E-state index contributed by atoms with van der Waals surface area (Å²) in [7, 11) is 0. The Kier molecular flexibility index (Phi) is 2.86. The van der Waals surface area contributed by atoms with Crippen LogP contribution in [-0.4, -0.2) is 22.0 Å². The molecule has 2 amide bonds. The van der Waals surface area contributed by atoms with Crippen LogP contribution < -0.4 is 16.4 Å². The molecule has 0 spiro atoms. The van der Waals surface area contributed by atoms with Crippen molar-refractivity contribution in [3.8, 4) is 0 Å². The van der Waals surface area contributed by atoms with Crippen LogP contribution >= 0.6 is 0 Å². The predicted octanol–water partition coefficient (Wildman–Crippen LogP) is 0.416. The minimum Gasteiger partial charge on any atom is -0.384 e. The van der Waals surface area contributed by atoms with Gasteiger partial charge in [0.25, 0.3) is 5.91 Å². The molecular formula is C13H13N5O2. The standard InChI is InChI=1S/C13H13N5O2/c14-12-9(6-16-18-12)5-15-13(20)8-2-1-7-4-11(19)17-10(7)3-8/h1-3,6H,4-5H2,(H,15,20)(H,17,19)(H3,14,16,18). The Balaban J connectivity index is 1.70. The van der Waals surface area contributed by atoms with E-state index >= 15 is 0 Å². The van der Waals surface area contributed by atoms with E-state index in [1.54, 1.807) is 24.4 Å². The van der Waals surface area contributed by atoms with Gasteiger partial charge in [-0.15, -0.1) is 0 Å². The molecule has 0 aliphatic carbocycles. The summed E-state index contributed by atoms with van der Waals surface area (Å²) in [5.41, 5.74) is 8.47. The first-order valence-electron chi connectivity index (χ1n) is 6.12. The molecule has 1 aromatic carbocycles. The maximum atomic E-state index is 12.0. The highest BCUT2D eigenvalue weighted by atomic mass is 16.2. The number of rotatable bonds is 3. The number of hydrogen-bond acceptors (Lipinski definition) is 4. The van der Waals surface area contributed by atoms with Gasteiger partial charge in [-0.05, 0) is 17.7 Å². The van der Waals surface area contributed by atoms with Crippen LogP contribution in [0.25, 0.3) is 0 Å². The number of nitrogen functional groups attached to an aromatic ring is 1. The molecule has 3 rings (SSSR count). The fourth-order valence-electron chi connectivity index (χ4n) is 2.10. The lowest BCUT2D eigenvalue weighted by Crippen LogP contribution is -2.23. The number of amides is 2. The molecule has 7 heteroatoms. The van der Waals surface area contributed by atoms with Gasteiger partial charge in [0.1, 0.15) is 5.82 Å². The number of aromatic amines is 1. The summed E-state index contributed by atoms with van der Waals surface area (Å²) in [5.74, 6) is 0.157. The van der Waals surface area contributed by atoms with Crippen LogP contribution in [0.4, 0.5) is 11.5 Å². The van der Waals surface area contributed by atoms with Crippen molar-refractivity contribution in [3.05, 3.63) is 41.1 Å². The number of nitrogens with zero attached hydrogens (tertiary/aromatic N) is 1. The first-order chi connectivity index (χ1) is 9.63. The van der Waals surface area contributed by atoms with Crippen molar-refractivity contribution < 1.29 is 9.59 Å². The van der Waals surface area contributed by atoms with Crippen LogP contribution in [0.3, 0.4) is 0 Å². The van der Waals surface area contributed by atoms with Gasteiger partial charge in [0.2, 0.25) is 5.91 Å². The predicted molar refractivity (Wildman–Crippen MR) is 72.9 cm³/mol. The molecule has 1 aliphatic heterocycles. The van der Waals surface area contributed by atoms with Gasteiger partial charge < -0.3 is 16.4 Å². The number of H-pyrrole nitrogens is 1. The molecule has 0 radical (unpaired) electrons. The Labute approximate surface area is 114 Å². The van der Waals surface area contributed by atoms with E-state index in [1.165, 1.54) is 0 Å². The number of nitrogens with one attached hydrogen (secondary N) is 3. The molecule has 0 fully saturated rings. The maximum absolute atomic E-state index is 12.0. The van der Waals surface area contributed by atoms with Crippen molar-refractivity contribution in [2.24, 2.45) is 0 Å². The smallest absolute Gasteiger partial charge is 0.251 e. The monoisotopic (exact) mass is 271 g/mol. The molecule has 2 heterocycles. The van der Waals surface area contributed by atoms with E-state index in [4.69, 9.17) is 5.73 Å². The molecule has 102 valence electrons. The van der Waals surface area contributed by atoms with Crippen LogP contribution in [0.5, 0.6) is 0 Å². The third-order valence-corrected chi connectivity index (χ3v) is 3.19. The minimum atomic E-state index is -0.227. The van der Waals surface area contributed by atoms with Crippen LogP contribution in [0.15, 0.2) is 24.4 Å². The molecule has 1 aliphatic rings. The largest absolute Gasteiger partial charge is 0.384 e. The molecule has 7 nitrogen and oxygen atoms in total. The number of anilines is 2. The van der Waals surface area contributed by atoms with Gasteiger partial charge in [-0.1, -0.05) is 6.07 Å². The second-order valence-electron chi connectivity index (χ2n) is 4.59. The van der Waals surface area contributed by atoms with Gasteiger partial charge >= 0.3 is 0 Å². The number of hydrogen-bond donors (Lipinski definition) is 4. The fourth-order valence-corrected chi connectivity index (χ4v) is 2.10. The number of fused-ring (bicyclic) bond motifs is 1. The van der Waals surface area contributed by atoms with Crippen LogP contribution in [-0.2, 0) is 17.8 Å². The molecule has 20 heavy (non-hydrogen) atoms. The SMILES string of the molecule is Nc1[nH]ncc1CNC(=O)c1ccc2c(c1)NC(=O)C2. The summed E-state index contributed by atoms with van der Waals surface area (Å²) in [6.45, 7) is 0.296. The van der Waals surface area contributed by atoms with Gasteiger partial charge in [0.15, 0.2) is 0 Å². The second kappa shape index (κ2) is 4.69. The molecule has 2 aromatic rings. The Bertz CT molecular complexity index is 692. The molecule has 0 saturated heterocycles. The van der Waals surface area contributed by atoms with Gasteiger partial charge in [-0.3, -0.25) is 14.7 Å². The van der Waals surface area contributed by atoms with E-state index in [0.717, 1.165) is 11.1 Å². The Morgan fingerprint density at radius 1 is 1.45 bits per heavy atom. The molecular weight excluding hydrogens is 258 g/mol. The van der Waals surface area contributed by atoms with E-state index in [-0.39, 0.29) is 11.8 Å². The number of benzene rings is 1. The summed E-state index contributed by atoms with van der Waals surface area (Å²) < 4.78 is 0. The Hall–Kier alpha value is -2.83. The number of carbonyl (C=O) groups excluding carboxylic acids is 2. The quantitative estimate of drug-likeness (QED) is 0.647. The Morgan fingerprint density at radius 2 is 2.30 bits per heavy atom. The Morgan fingerprint density at radius 3 is 3.05 bits per heavy atom. The van der Waals surface area contributed by atoms with E-state index in [2.05, 4.69) is 20.8 Å². The van der Waals surface area contributed by atoms with Crippen molar-refractivity contribution in [1.29, 1.82) is 0 Å². The maximum Gasteiger partial charge on any atom is 0.251 e. The highest BCUT2D eigenvalue weighted by Gasteiger charge is 2.19. The number of aromatic nitrogens is 2. The van der Waals surface area contributed by atoms with E-state index in [1.807, 2.05) is 0 Å². The molecule has 0 atom stereocenters. The first-order valence-corrected chi connectivity index (χ1v) is 6.12. The lowest BCUT2D eigenvalue weighted by molar-refractivity contribution is -0.115. The van der Waals surface area contributed by atoms with Crippen LogP contribution in [0.2, 0.25) is 0 Å². The van der Waals surface area contributed by atoms with E-state index in [9.17, 15) is 9.59 Å². The van der Waals surface area contributed by atoms with Crippen molar-refractivity contribution in [2.45, 2.75) is 13.0 Å². The van der Waals surface area contributed by atoms with Crippen LogP contribution in [0, 0.1) is 0 Å². The van der Waals surface area contributed by atoms with Gasteiger partial charge in [0, 0.05) is 23.4 Å². The normalized spacial score (nSPS) is 12.9. The number of nitrogens with two attached hydrogens (primary N) is 1. The molecule has 0 unspecified atom stereocenters. The second-order valence-corrected chi connectivity index (χ2v) is 4.59. The molecule has 0 saturated carbocycles. The number of carbonyl (C=O) groups is 2. The summed E-state index contributed by atoms with van der Waals surface area (Å²) in [5, 5.41) is 11.8.